The minimum Gasteiger partial charge on any atom is -0.478 e. The zero-order valence-corrected chi connectivity index (χ0v) is 14.9. The first kappa shape index (κ1) is 16.3. The van der Waals surface area contributed by atoms with Crippen molar-refractivity contribution in [3.8, 4) is 5.88 Å². The van der Waals surface area contributed by atoms with Crippen molar-refractivity contribution in [3.05, 3.63) is 42.0 Å². The van der Waals surface area contributed by atoms with Gasteiger partial charge in [0.25, 0.3) is 5.88 Å². The minimum atomic E-state index is 0.543. The van der Waals surface area contributed by atoms with Crippen LogP contribution in [-0.4, -0.2) is 52.6 Å². The number of pyridine rings is 1. The summed E-state index contributed by atoms with van der Waals surface area (Å²) in [4.78, 5) is 18.3. The molecular formula is C19H25N5O. The molecule has 0 spiro atoms. The van der Waals surface area contributed by atoms with E-state index in [1.807, 2.05) is 12.3 Å². The highest BCUT2D eigenvalue weighted by Gasteiger charge is 2.39. The number of fused-ring (bicyclic) bond motifs is 1. The van der Waals surface area contributed by atoms with Gasteiger partial charge in [-0.15, -0.1) is 0 Å². The number of methoxy groups -OCH3 is 1. The zero-order valence-electron chi connectivity index (χ0n) is 14.9. The molecule has 2 saturated heterocycles. The van der Waals surface area contributed by atoms with E-state index in [0.29, 0.717) is 11.9 Å². The number of anilines is 1. The summed E-state index contributed by atoms with van der Waals surface area (Å²) in [5, 5.41) is 0. The largest absolute Gasteiger partial charge is 0.478 e. The molecule has 2 aliphatic rings. The number of nitrogens with zero attached hydrogens (tertiary/aromatic N) is 5. The summed E-state index contributed by atoms with van der Waals surface area (Å²) in [6, 6.07) is 4.70. The molecule has 0 radical (unpaired) electrons. The monoisotopic (exact) mass is 339 g/mol. The maximum Gasteiger partial charge on any atom is 0.257 e. The summed E-state index contributed by atoms with van der Waals surface area (Å²) in [7, 11) is 1.66. The van der Waals surface area contributed by atoms with Crippen LogP contribution >= 0.6 is 0 Å². The van der Waals surface area contributed by atoms with E-state index in [-0.39, 0.29) is 0 Å². The molecule has 0 bridgehead atoms. The quantitative estimate of drug-likeness (QED) is 0.852. The standard InChI is InChI=1S/C19H25N5O/c1-14-4-3-7-20-16(14)12-23-10-5-15-6-11-24(13-17(15)23)18-19(25-2)22-9-8-21-18/h3-4,7-9,15,17H,5-6,10-13H2,1-2H3. The minimum absolute atomic E-state index is 0.543. The van der Waals surface area contributed by atoms with Gasteiger partial charge < -0.3 is 9.64 Å². The molecule has 0 aromatic carbocycles. The van der Waals surface area contributed by atoms with Crippen LogP contribution in [0.15, 0.2) is 30.7 Å². The second kappa shape index (κ2) is 6.96. The molecule has 2 fully saturated rings. The Hall–Kier alpha value is -2.21. The number of hydrogen-bond donors (Lipinski definition) is 0. The molecule has 2 aliphatic heterocycles. The molecule has 132 valence electrons. The van der Waals surface area contributed by atoms with Gasteiger partial charge in [-0.2, -0.15) is 0 Å². The summed E-state index contributed by atoms with van der Waals surface area (Å²) in [6.45, 7) is 6.22. The number of aromatic nitrogens is 3. The highest BCUT2D eigenvalue weighted by molar-refractivity contribution is 5.48. The van der Waals surface area contributed by atoms with Crippen LogP contribution in [0.4, 0.5) is 5.82 Å². The first-order valence-corrected chi connectivity index (χ1v) is 9.00. The third-order valence-electron chi connectivity index (χ3n) is 5.59. The van der Waals surface area contributed by atoms with Crippen LogP contribution in [-0.2, 0) is 6.54 Å². The Morgan fingerprint density at radius 1 is 1.12 bits per heavy atom. The average Bonchev–Trinajstić information content (AvgIpc) is 3.05. The number of piperidine rings is 1. The Balaban J connectivity index is 1.52. The molecule has 4 heterocycles. The number of aryl methyl sites for hydroxylation is 1. The van der Waals surface area contributed by atoms with E-state index in [1.54, 1.807) is 19.5 Å². The molecular weight excluding hydrogens is 314 g/mol. The summed E-state index contributed by atoms with van der Waals surface area (Å²) in [6.07, 6.45) is 7.80. The molecule has 6 nitrogen and oxygen atoms in total. The fourth-order valence-electron chi connectivity index (χ4n) is 4.17. The number of likely N-dealkylation sites (tertiary alicyclic amines) is 1. The predicted molar refractivity (Wildman–Crippen MR) is 96.7 cm³/mol. The lowest BCUT2D eigenvalue weighted by Gasteiger charge is -2.39. The highest BCUT2D eigenvalue weighted by Crippen LogP contribution is 2.35. The van der Waals surface area contributed by atoms with Crippen molar-refractivity contribution >= 4 is 5.82 Å². The normalized spacial score (nSPS) is 23.5. The molecule has 25 heavy (non-hydrogen) atoms. The average molecular weight is 339 g/mol. The Morgan fingerprint density at radius 3 is 2.80 bits per heavy atom. The molecule has 0 N–H and O–H groups in total. The number of rotatable bonds is 4. The van der Waals surface area contributed by atoms with Crippen LogP contribution < -0.4 is 9.64 Å². The maximum absolute atomic E-state index is 5.41. The first-order chi connectivity index (χ1) is 12.3. The van der Waals surface area contributed by atoms with Gasteiger partial charge in [0.05, 0.1) is 12.8 Å². The van der Waals surface area contributed by atoms with Gasteiger partial charge in [-0.1, -0.05) is 6.07 Å². The molecule has 0 amide bonds. The van der Waals surface area contributed by atoms with Crippen molar-refractivity contribution in [2.24, 2.45) is 5.92 Å². The second-order valence-electron chi connectivity index (χ2n) is 6.98. The van der Waals surface area contributed by atoms with Gasteiger partial charge >= 0.3 is 0 Å². The van der Waals surface area contributed by atoms with Crippen LogP contribution in [0.25, 0.3) is 0 Å². The Bertz CT molecular complexity index is 737. The zero-order chi connectivity index (χ0) is 17.2. The Morgan fingerprint density at radius 2 is 1.96 bits per heavy atom. The fourth-order valence-corrected chi connectivity index (χ4v) is 4.17. The highest BCUT2D eigenvalue weighted by atomic mass is 16.5. The van der Waals surface area contributed by atoms with Crippen LogP contribution in [0.3, 0.4) is 0 Å². The molecule has 2 atom stereocenters. The number of hydrogen-bond acceptors (Lipinski definition) is 6. The van der Waals surface area contributed by atoms with Gasteiger partial charge in [0.2, 0.25) is 0 Å². The summed E-state index contributed by atoms with van der Waals surface area (Å²) >= 11 is 0. The van der Waals surface area contributed by atoms with Gasteiger partial charge in [0, 0.05) is 44.3 Å². The Labute approximate surface area is 148 Å². The predicted octanol–water partition coefficient (Wildman–Crippen LogP) is 2.29. The van der Waals surface area contributed by atoms with Gasteiger partial charge in [0.1, 0.15) is 0 Å². The number of ether oxygens (including phenoxy) is 1. The SMILES string of the molecule is COc1nccnc1N1CCC2CCN(Cc3ncccc3C)C2C1. The van der Waals surface area contributed by atoms with Crippen LogP contribution in [0.5, 0.6) is 5.88 Å². The van der Waals surface area contributed by atoms with Crippen molar-refractivity contribution in [1.82, 2.24) is 19.9 Å². The lowest BCUT2D eigenvalue weighted by atomic mass is 9.92. The van der Waals surface area contributed by atoms with E-state index in [9.17, 15) is 0 Å². The molecule has 4 rings (SSSR count). The van der Waals surface area contributed by atoms with Gasteiger partial charge in [-0.25, -0.2) is 9.97 Å². The van der Waals surface area contributed by atoms with Crippen molar-refractivity contribution in [2.45, 2.75) is 32.4 Å². The van der Waals surface area contributed by atoms with Crippen molar-refractivity contribution in [3.63, 3.8) is 0 Å². The molecule has 0 aliphatic carbocycles. The Kier molecular flexibility index (Phi) is 4.53. The third-order valence-corrected chi connectivity index (χ3v) is 5.59. The molecule has 0 saturated carbocycles. The fraction of sp³-hybridized carbons (Fsp3) is 0.526. The van der Waals surface area contributed by atoms with Crippen LogP contribution in [0, 0.1) is 12.8 Å². The van der Waals surface area contributed by atoms with Crippen molar-refractivity contribution < 1.29 is 4.74 Å². The van der Waals surface area contributed by atoms with E-state index in [1.165, 1.54) is 24.1 Å². The van der Waals surface area contributed by atoms with Gasteiger partial charge in [0.15, 0.2) is 5.82 Å². The van der Waals surface area contributed by atoms with E-state index in [2.05, 4.69) is 37.7 Å². The molecule has 2 aromatic rings. The second-order valence-corrected chi connectivity index (χ2v) is 6.98. The van der Waals surface area contributed by atoms with Gasteiger partial charge in [-0.3, -0.25) is 9.88 Å². The van der Waals surface area contributed by atoms with E-state index >= 15 is 0 Å². The van der Waals surface area contributed by atoms with Crippen molar-refractivity contribution in [1.29, 1.82) is 0 Å². The lowest BCUT2D eigenvalue weighted by Crippen LogP contribution is -2.48. The summed E-state index contributed by atoms with van der Waals surface area (Å²) in [5.41, 5.74) is 2.46. The smallest absolute Gasteiger partial charge is 0.257 e. The van der Waals surface area contributed by atoms with Crippen molar-refractivity contribution in [2.75, 3.05) is 31.6 Å². The third kappa shape index (κ3) is 3.18. The maximum atomic E-state index is 5.41. The first-order valence-electron chi connectivity index (χ1n) is 9.00. The lowest BCUT2D eigenvalue weighted by molar-refractivity contribution is 0.197. The molecule has 2 aromatic heterocycles. The van der Waals surface area contributed by atoms with E-state index < -0.39 is 0 Å². The summed E-state index contributed by atoms with van der Waals surface area (Å²) < 4.78 is 5.41. The van der Waals surface area contributed by atoms with Crippen LogP contribution in [0.1, 0.15) is 24.1 Å². The van der Waals surface area contributed by atoms with E-state index in [4.69, 9.17) is 4.74 Å². The molecule has 6 heteroatoms. The van der Waals surface area contributed by atoms with Gasteiger partial charge in [-0.05, 0) is 43.9 Å². The topological polar surface area (TPSA) is 54.4 Å². The summed E-state index contributed by atoms with van der Waals surface area (Å²) in [5.74, 6) is 2.25. The molecule has 2 unspecified atom stereocenters. The van der Waals surface area contributed by atoms with E-state index in [0.717, 1.165) is 37.9 Å². The van der Waals surface area contributed by atoms with Crippen LogP contribution in [0.2, 0.25) is 0 Å².